The Labute approximate surface area is 144 Å². The first-order chi connectivity index (χ1) is 11.1. The predicted molar refractivity (Wildman–Crippen MR) is 97.6 cm³/mol. The van der Waals surface area contributed by atoms with E-state index in [1.165, 1.54) is 5.69 Å². The summed E-state index contributed by atoms with van der Waals surface area (Å²) in [6.07, 6.45) is 1.08. The summed E-state index contributed by atoms with van der Waals surface area (Å²) in [5.41, 5.74) is 8.14. The summed E-state index contributed by atoms with van der Waals surface area (Å²) in [4.78, 5) is 14.6. The predicted octanol–water partition coefficient (Wildman–Crippen LogP) is 3.29. The van der Waals surface area contributed by atoms with E-state index in [1.54, 1.807) is 12.1 Å². The zero-order valence-corrected chi connectivity index (χ0v) is 14.4. The van der Waals surface area contributed by atoms with Crippen LogP contribution in [0.1, 0.15) is 16.8 Å². The highest BCUT2D eigenvalue weighted by Crippen LogP contribution is 2.26. The minimum Gasteiger partial charge on any atom is -0.398 e. The van der Waals surface area contributed by atoms with Crippen molar-refractivity contribution in [1.29, 1.82) is 0 Å². The Hall–Kier alpha value is -2.01. The van der Waals surface area contributed by atoms with Crippen LogP contribution in [0.3, 0.4) is 0 Å². The number of carbonyl (C=O) groups excluding carboxylic acids is 1. The van der Waals surface area contributed by atoms with Crippen molar-refractivity contribution in [2.45, 2.75) is 6.42 Å². The van der Waals surface area contributed by atoms with Gasteiger partial charge in [0.2, 0.25) is 0 Å². The molecule has 3 rings (SSSR count). The van der Waals surface area contributed by atoms with E-state index in [4.69, 9.17) is 5.73 Å². The topological polar surface area (TPSA) is 58.4 Å². The van der Waals surface area contributed by atoms with Crippen LogP contribution in [0.25, 0.3) is 0 Å². The Balaban J connectivity index is 1.54. The van der Waals surface area contributed by atoms with Gasteiger partial charge in [-0.3, -0.25) is 4.79 Å². The summed E-state index contributed by atoms with van der Waals surface area (Å²) >= 11 is 3.51. The molecule has 4 nitrogen and oxygen atoms in total. The second-order valence-electron chi connectivity index (χ2n) is 5.88. The maximum Gasteiger partial charge on any atom is 0.253 e. The van der Waals surface area contributed by atoms with Crippen LogP contribution in [0.5, 0.6) is 0 Å². The lowest BCUT2D eigenvalue weighted by molar-refractivity contribution is 0.0949. The molecule has 1 atom stereocenters. The minimum atomic E-state index is -0.0935. The molecule has 1 aliphatic heterocycles. The van der Waals surface area contributed by atoms with Gasteiger partial charge in [-0.25, -0.2) is 0 Å². The Bertz CT molecular complexity index is 704. The number of hydrogen-bond donors (Lipinski definition) is 2. The van der Waals surface area contributed by atoms with Crippen molar-refractivity contribution in [2.75, 3.05) is 30.3 Å². The molecule has 0 radical (unpaired) electrons. The fourth-order valence-electron chi connectivity index (χ4n) is 2.94. The molecule has 1 unspecified atom stereocenters. The quantitative estimate of drug-likeness (QED) is 0.808. The summed E-state index contributed by atoms with van der Waals surface area (Å²) in [6.45, 7) is 2.66. The van der Waals surface area contributed by atoms with Gasteiger partial charge >= 0.3 is 0 Å². The first-order valence-electron chi connectivity index (χ1n) is 7.76. The fraction of sp³-hybridized carbons (Fsp3) is 0.278. The Morgan fingerprint density at radius 1 is 1.26 bits per heavy atom. The van der Waals surface area contributed by atoms with Crippen molar-refractivity contribution in [3.63, 3.8) is 0 Å². The highest BCUT2D eigenvalue weighted by molar-refractivity contribution is 9.10. The number of amides is 1. The van der Waals surface area contributed by atoms with Crippen LogP contribution in [0, 0.1) is 5.92 Å². The van der Waals surface area contributed by atoms with Crippen LogP contribution in [0.4, 0.5) is 11.4 Å². The molecule has 0 aliphatic carbocycles. The molecule has 2 aromatic carbocycles. The lowest BCUT2D eigenvalue weighted by Gasteiger charge is -2.19. The average Bonchev–Trinajstić information content (AvgIpc) is 3.02. The van der Waals surface area contributed by atoms with Gasteiger partial charge in [-0.1, -0.05) is 34.1 Å². The standard InChI is InChI=1S/C18H20BrN3O/c19-14-4-3-5-15(10-14)22-9-8-13(12-22)11-21-18(23)16-6-1-2-7-17(16)20/h1-7,10,13H,8-9,11-12,20H2,(H,21,23). The molecule has 1 heterocycles. The number of benzene rings is 2. The van der Waals surface area contributed by atoms with Crippen molar-refractivity contribution in [2.24, 2.45) is 5.92 Å². The van der Waals surface area contributed by atoms with Gasteiger partial charge in [0.25, 0.3) is 5.91 Å². The molecular formula is C18H20BrN3O. The maximum absolute atomic E-state index is 12.2. The molecule has 0 bridgehead atoms. The van der Waals surface area contributed by atoms with Crippen LogP contribution in [-0.4, -0.2) is 25.5 Å². The molecule has 23 heavy (non-hydrogen) atoms. The third-order valence-corrected chi connectivity index (χ3v) is 4.71. The second kappa shape index (κ2) is 7.04. The summed E-state index contributed by atoms with van der Waals surface area (Å²) in [7, 11) is 0. The lowest BCUT2D eigenvalue weighted by atomic mass is 10.1. The average molecular weight is 374 g/mol. The first kappa shape index (κ1) is 15.9. The molecular weight excluding hydrogens is 354 g/mol. The van der Waals surface area contributed by atoms with Gasteiger partial charge in [-0.2, -0.15) is 0 Å². The van der Waals surface area contributed by atoms with E-state index >= 15 is 0 Å². The fourth-order valence-corrected chi connectivity index (χ4v) is 3.33. The number of nitrogens with two attached hydrogens (primary N) is 1. The van der Waals surface area contributed by atoms with Gasteiger partial charge in [0.05, 0.1) is 5.56 Å². The van der Waals surface area contributed by atoms with Crippen molar-refractivity contribution >= 4 is 33.2 Å². The van der Waals surface area contributed by atoms with Gasteiger partial charge in [-0.15, -0.1) is 0 Å². The molecule has 1 aliphatic rings. The summed E-state index contributed by atoms with van der Waals surface area (Å²) in [6, 6.07) is 15.5. The maximum atomic E-state index is 12.2. The van der Waals surface area contributed by atoms with Crippen molar-refractivity contribution in [3.05, 3.63) is 58.6 Å². The highest BCUT2D eigenvalue weighted by atomic mass is 79.9. The van der Waals surface area contributed by atoms with E-state index in [0.29, 0.717) is 23.7 Å². The van der Waals surface area contributed by atoms with Crippen molar-refractivity contribution < 1.29 is 4.79 Å². The van der Waals surface area contributed by atoms with E-state index in [0.717, 1.165) is 24.0 Å². The summed E-state index contributed by atoms with van der Waals surface area (Å²) in [5, 5.41) is 3.01. The van der Waals surface area contributed by atoms with Crippen LogP contribution in [0.2, 0.25) is 0 Å². The van der Waals surface area contributed by atoms with Crippen LogP contribution in [-0.2, 0) is 0 Å². The van der Waals surface area contributed by atoms with Crippen molar-refractivity contribution in [1.82, 2.24) is 5.32 Å². The van der Waals surface area contributed by atoms with E-state index in [9.17, 15) is 4.79 Å². The molecule has 5 heteroatoms. The number of anilines is 2. The molecule has 2 aromatic rings. The van der Waals surface area contributed by atoms with E-state index in [-0.39, 0.29) is 5.91 Å². The second-order valence-corrected chi connectivity index (χ2v) is 6.79. The molecule has 0 aromatic heterocycles. The van der Waals surface area contributed by atoms with Gasteiger partial charge in [0.15, 0.2) is 0 Å². The SMILES string of the molecule is Nc1ccccc1C(=O)NCC1CCN(c2cccc(Br)c2)C1. The van der Waals surface area contributed by atoms with Gasteiger partial charge < -0.3 is 16.0 Å². The molecule has 1 amide bonds. The molecule has 1 fully saturated rings. The monoisotopic (exact) mass is 373 g/mol. The highest BCUT2D eigenvalue weighted by Gasteiger charge is 2.23. The van der Waals surface area contributed by atoms with E-state index in [1.807, 2.05) is 24.3 Å². The minimum absolute atomic E-state index is 0.0935. The molecule has 3 N–H and O–H groups in total. The van der Waals surface area contributed by atoms with Gasteiger partial charge in [0.1, 0.15) is 0 Å². The van der Waals surface area contributed by atoms with Crippen LogP contribution >= 0.6 is 15.9 Å². The Morgan fingerprint density at radius 3 is 2.87 bits per heavy atom. The Morgan fingerprint density at radius 2 is 2.09 bits per heavy atom. The molecule has 1 saturated heterocycles. The van der Waals surface area contributed by atoms with Crippen LogP contribution in [0.15, 0.2) is 53.0 Å². The smallest absolute Gasteiger partial charge is 0.253 e. The van der Waals surface area contributed by atoms with E-state index < -0.39 is 0 Å². The van der Waals surface area contributed by atoms with Crippen LogP contribution < -0.4 is 16.0 Å². The number of hydrogen-bond acceptors (Lipinski definition) is 3. The number of carbonyl (C=O) groups is 1. The normalized spacial score (nSPS) is 17.3. The number of nitrogens with one attached hydrogen (secondary N) is 1. The van der Waals surface area contributed by atoms with E-state index in [2.05, 4.69) is 38.3 Å². The van der Waals surface area contributed by atoms with Gasteiger partial charge in [0, 0.05) is 35.5 Å². The zero-order valence-electron chi connectivity index (χ0n) is 12.8. The lowest BCUT2D eigenvalue weighted by Crippen LogP contribution is -2.31. The third kappa shape index (κ3) is 3.85. The number of nitrogens with zero attached hydrogens (tertiary/aromatic N) is 1. The summed E-state index contributed by atoms with van der Waals surface area (Å²) < 4.78 is 1.09. The molecule has 0 spiro atoms. The first-order valence-corrected chi connectivity index (χ1v) is 8.56. The largest absolute Gasteiger partial charge is 0.398 e. The number of halogens is 1. The molecule has 120 valence electrons. The molecule has 0 saturated carbocycles. The zero-order chi connectivity index (χ0) is 16.2. The Kier molecular flexibility index (Phi) is 4.86. The number of rotatable bonds is 4. The number of para-hydroxylation sites is 1. The third-order valence-electron chi connectivity index (χ3n) is 4.22. The number of nitrogen functional groups attached to an aromatic ring is 1. The summed E-state index contributed by atoms with van der Waals surface area (Å²) in [5.74, 6) is 0.367. The van der Waals surface area contributed by atoms with Gasteiger partial charge in [-0.05, 0) is 42.7 Å². The van der Waals surface area contributed by atoms with Crippen molar-refractivity contribution in [3.8, 4) is 0 Å².